The molecule has 0 radical (unpaired) electrons. The number of rotatable bonds is 3. The molecule has 0 amide bonds. The van der Waals surface area contributed by atoms with Gasteiger partial charge in [-0.1, -0.05) is 19.8 Å². The third-order valence-electron chi connectivity index (χ3n) is 3.08. The number of hydrogen-bond donors (Lipinski definition) is 0. The third kappa shape index (κ3) is 2.71. The van der Waals surface area contributed by atoms with Gasteiger partial charge in [0.25, 0.3) is 0 Å². The van der Waals surface area contributed by atoms with Gasteiger partial charge in [0.05, 0.1) is 0 Å². The zero-order valence-corrected chi connectivity index (χ0v) is 9.83. The molecule has 15 heavy (non-hydrogen) atoms. The highest BCUT2D eigenvalue weighted by Crippen LogP contribution is 2.35. The molecule has 84 valence electrons. The van der Waals surface area contributed by atoms with Gasteiger partial charge >= 0.3 is 0 Å². The highest BCUT2D eigenvalue weighted by atomic mass is 35.5. The van der Waals surface area contributed by atoms with Gasteiger partial charge in [0.1, 0.15) is 0 Å². The maximum Gasteiger partial charge on any atom is 0.219 e. The molecule has 0 spiro atoms. The van der Waals surface area contributed by atoms with Gasteiger partial charge in [-0.2, -0.15) is 0 Å². The summed E-state index contributed by atoms with van der Waals surface area (Å²) in [6.07, 6.45) is 5.66. The van der Waals surface area contributed by atoms with E-state index >= 15 is 0 Å². The van der Waals surface area contributed by atoms with Gasteiger partial charge in [0, 0.05) is 18.2 Å². The van der Waals surface area contributed by atoms with Crippen molar-refractivity contribution >= 4 is 11.6 Å². The van der Waals surface area contributed by atoms with E-state index in [9.17, 15) is 0 Å². The van der Waals surface area contributed by atoms with Crippen LogP contribution in [-0.2, 0) is 6.42 Å². The second-order valence-corrected chi connectivity index (χ2v) is 4.82. The quantitative estimate of drug-likeness (QED) is 0.746. The molecule has 4 heteroatoms. The highest BCUT2D eigenvalue weighted by molar-refractivity contribution is 6.17. The molecule has 0 aliphatic heterocycles. The molecule has 1 fully saturated rings. The number of halogens is 1. The zero-order valence-electron chi connectivity index (χ0n) is 9.08. The first-order valence-corrected chi connectivity index (χ1v) is 6.21. The summed E-state index contributed by atoms with van der Waals surface area (Å²) in [4.78, 5) is 0. The van der Waals surface area contributed by atoms with Crippen molar-refractivity contribution < 1.29 is 4.42 Å². The molecule has 1 aromatic heterocycles. The number of alkyl halides is 1. The van der Waals surface area contributed by atoms with Gasteiger partial charge in [-0.3, -0.25) is 0 Å². The summed E-state index contributed by atoms with van der Waals surface area (Å²) >= 11 is 5.63. The van der Waals surface area contributed by atoms with E-state index in [1.165, 1.54) is 25.7 Å². The molecule has 1 aromatic rings. The van der Waals surface area contributed by atoms with Crippen LogP contribution in [0.25, 0.3) is 0 Å². The van der Waals surface area contributed by atoms with Crippen LogP contribution in [0.3, 0.4) is 0 Å². The first kappa shape index (κ1) is 10.9. The number of aryl methyl sites for hydroxylation is 1. The fraction of sp³-hybridized carbons (Fsp3) is 0.818. The molecule has 0 aromatic carbocycles. The molecule has 2 atom stereocenters. The minimum absolute atomic E-state index is 0.477. The monoisotopic (exact) mass is 228 g/mol. The molecule has 0 bridgehead atoms. The molecule has 0 N–H and O–H groups in total. The Labute approximate surface area is 95.2 Å². The lowest BCUT2D eigenvalue weighted by molar-refractivity contribution is 0.297. The first-order valence-electron chi connectivity index (χ1n) is 5.68. The van der Waals surface area contributed by atoms with Crippen LogP contribution in [0.5, 0.6) is 0 Å². The fourth-order valence-electron chi connectivity index (χ4n) is 2.27. The van der Waals surface area contributed by atoms with Crippen molar-refractivity contribution in [2.45, 2.75) is 44.9 Å². The van der Waals surface area contributed by atoms with Gasteiger partial charge in [-0.25, -0.2) is 0 Å². The summed E-state index contributed by atoms with van der Waals surface area (Å²) in [6.45, 7) is 2.29. The molecule has 0 saturated heterocycles. The van der Waals surface area contributed by atoms with Crippen LogP contribution < -0.4 is 0 Å². The Morgan fingerprint density at radius 1 is 1.40 bits per heavy atom. The Balaban J connectivity index is 2.01. The van der Waals surface area contributed by atoms with E-state index in [1.54, 1.807) is 0 Å². The van der Waals surface area contributed by atoms with Gasteiger partial charge in [0.15, 0.2) is 0 Å². The fourth-order valence-corrected chi connectivity index (χ4v) is 2.43. The van der Waals surface area contributed by atoms with E-state index in [2.05, 4.69) is 17.1 Å². The van der Waals surface area contributed by atoms with Crippen molar-refractivity contribution in [1.29, 1.82) is 0 Å². The SMILES string of the molecule is CC1CCCC(c2nnc(CCCl)o2)C1. The van der Waals surface area contributed by atoms with Crippen LogP contribution in [-0.4, -0.2) is 16.1 Å². The summed E-state index contributed by atoms with van der Waals surface area (Å²) in [5.74, 6) is 3.31. The molecule has 2 unspecified atom stereocenters. The number of aromatic nitrogens is 2. The van der Waals surface area contributed by atoms with Crippen LogP contribution in [0.4, 0.5) is 0 Å². The van der Waals surface area contributed by atoms with Crippen molar-refractivity contribution in [3.63, 3.8) is 0 Å². The Bertz CT molecular complexity index is 313. The minimum Gasteiger partial charge on any atom is -0.425 e. The van der Waals surface area contributed by atoms with Crippen molar-refractivity contribution in [2.24, 2.45) is 5.92 Å². The van der Waals surface area contributed by atoms with Crippen LogP contribution in [0.2, 0.25) is 0 Å². The van der Waals surface area contributed by atoms with Gasteiger partial charge < -0.3 is 4.42 Å². The molecule has 1 heterocycles. The summed E-state index contributed by atoms with van der Waals surface area (Å²) in [5, 5.41) is 8.12. The van der Waals surface area contributed by atoms with E-state index in [-0.39, 0.29) is 0 Å². The average molecular weight is 229 g/mol. The highest BCUT2D eigenvalue weighted by Gasteiger charge is 2.24. The van der Waals surface area contributed by atoms with E-state index in [1.807, 2.05) is 0 Å². The Morgan fingerprint density at radius 3 is 3.00 bits per heavy atom. The lowest BCUT2D eigenvalue weighted by Crippen LogP contribution is -2.11. The minimum atomic E-state index is 0.477. The maximum atomic E-state index is 5.63. The topological polar surface area (TPSA) is 38.9 Å². The second kappa shape index (κ2) is 4.97. The van der Waals surface area contributed by atoms with Crippen LogP contribution in [0.1, 0.15) is 50.3 Å². The Hall–Kier alpha value is -0.570. The molecule has 1 aliphatic rings. The molecular formula is C11H17ClN2O. The summed E-state index contributed by atoms with van der Waals surface area (Å²) in [5.41, 5.74) is 0. The lowest BCUT2D eigenvalue weighted by atomic mass is 9.82. The van der Waals surface area contributed by atoms with Crippen LogP contribution in [0, 0.1) is 5.92 Å². The zero-order chi connectivity index (χ0) is 10.7. The number of hydrogen-bond acceptors (Lipinski definition) is 3. The Kier molecular flexibility index (Phi) is 3.62. The van der Waals surface area contributed by atoms with Gasteiger partial charge in [-0.15, -0.1) is 21.8 Å². The van der Waals surface area contributed by atoms with Crippen LogP contribution in [0.15, 0.2) is 4.42 Å². The molecule has 2 rings (SSSR count). The normalized spacial score (nSPS) is 26.8. The first-order chi connectivity index (χ1) is 7.29. The van der Waals surface area contributed by atoms with Crippen LogP contribution >= 0.6 is 11.6 Å². The van der Waals surface area contributed by atoms with E-state index < -0.39 is 0 Å². The largest absolute Gasteiger partial charge is 0.425 e. The average Bonchev–Trinajstić information content (AvgIpc) is 2.67. The smallest absolute Gasteiger partial charge is 0.219 e. The summed E-state index contributed by atoms with van der Waals surface area (Å²) in [6, 6.07) is 0. The molecule has 1 saturated carbocycles. The Morgan fingerprint density at radius 2 is 2.27 bits per heavy atom. The van der Waals surface area contributed by atoms with E-state index in [4.69, 9.17) is 16.0 Å². The molecule has 1 aliphatic carbocycles. The summed E-state index contributed by atoms with van der Waals surface area (Å²) < 4.78 is 5.61. The molecule has 3 nitrogen and oxygen atoms in total. The number of nitrogens with zero attached hydrogens (tertiary/aromatic N) is 2. The second-order valence-electron chi connectivity index (χ2n) is 4.44. The van der Waals surface area contributed by atoms with Crippen molar-refractivity contribution in [2.75, 3.05) is 5.88 Å². The maximum absolute atomic E-state index is 5.63. The van der Waals surface area contributed by atoms with Crippen molar-refractivity contribution in [3.8, 4) is 0 Å². The van der Waals surface area contributed by atoms with Gasteiger partial charge in [0.2, 0.25) is 11.8 Å². The van der Waals surface area contributed by atoms with Crippen molar-refractivity contribution in [3.05, 3.63) is 11.8 Å². The lowest BCUT2D eigenvalue weighted by Gasteiger charge is -2.23. The van der Waals surface area contributed by atoms with E-state index in [0.717, 1.165) is 11.8 Å². The van der Waals surface area contributed by atoms with Gasteiger partial charge in [-0.05, 0) is 18.8 Å². The molecular weight excluding hydrogens is 212 g/mol. The standard InChI is InChI=1S/C11H17ClN2O/c1-8-3-2-4-9(7-8)11-14-13-10(15-11)5-6-12/h8-9H,2-7H2,1H3. The van der Waals surface area contributed by atoms with Crippen molar-refractivity contribution in [1.82, 2.24) is 10.2 Å². The predicted octanol–water partition coefficient (Wildman–Crippen LogP) is 3.14. The predicted molar refractivity (Wildman–Crippen MR) is 59.1 cm³/mol. The third-order valence-corrected chi connectivity index (χ3v) is 3.27. The summed E-state index contributed by atoms with van der Waals surface area (Å²) in [7, 11) is 0. The van der Waals surface area contributed by atoms with E-state index in [0.29, 0.717) is 24.1 Å².